The molecular formula is C21H27NO3. The van der Waals surface area contributed by atoms with Gasteiger partial charge in [-0.15, -0.1) is 0 Å². The van der Waals surface area contributed by atoms with Crippen molar-refractivity contribution in [3.8, 4) is 11.5 Å². The van der Waals surface area contributed by atoms with Crippen LogP contribution in [0.2, 0.25) is 0 Å². The predicted octanol–water partition coefficient (Wildman–Crippen LogP) is 4.37. The fourth-order valence-electron chi connectivity index (χ4n) is 2.66. The maximum absolute atomic E-state index is 12.4. The Morgan fingerprint density at radius 1 is 0.960 bits per heavy atom. The summed E-state index contributed by atoms with van der Waals surface area (Å²) < 4.78 is 11.2. The molecule has 0 spiro atoms. The third-order valence-electron chi connectivity index (χ3n) is 3.75. The largest absolute Gasteiger partial charge is 0.490 e. The van der Waals surface area contributed by atoms with Gasteiger partial charge in [-0.3, -0.25) is 4.79 Å². The second kappa shape index (κ2) is 9.72. The number of nitrogens with one attached hydrogen (secondary N) is 1. The number of ether oxygens (including phenoxy) is 2. The first-order chi connectivity index (χ1) is 12.1. The van der Waals surface area contributed by atoms with Gasteiger partial charge in [0.25, 0.3) is 5.91 Å². The van der Waals surface area contributed by atoms with E-state index < -0.39 is 0 Å². The molecule has 1 unspecified atom stereocenters. The van der Waals surface area contributed by atoms with E-state index in [0.29, 0.717) is 24.0 Å². The van der Waals surface area contributed by atoms with Crippen LogP contribution < -0.4 is 14.8 Å². The minimum atomic E-state index is -0.138. The van der Waals surface area contributed by atoms with Crippen LogP contribution in [0.5, 0.6) is 11.5 Å². The smallest absolute Gasteiger partial charge is 0.258 e. The molecule has 0 heterocycles. The first-order valence-electron chi connectivity index (χ1n) is 8.79. The summed E-state index contributed by atoms with van der Waals surface area (Å²) in [6.45, 7) is 6.73. The Hall–Kier alpha value is -2.49. The minimum absolute atomic E-state index is 0.0144. The monoisotopic (exact) mass is 341 g/mol. The summed E-state index contributed by atoms with van der Waals surface area (Å²) in [6, 6.07) is 17.4. The van der Waals surface area contributed by atoms with Gasteiger partial charge in [0, 0.05) is 0 Å². The van der Waals surface area contributed by atoms with Crippen molar-refractivity contribution in [3.05, 3.63) is 60.2 Å². The summed E-state index contributed by atoms with van der Waals surface area (Å²) >= 11 is 0. The van der Waals surface area contributed by atoms with Crippen molar-refractivity contribution in [2.24, 2.45) is 5.92 Å². The molecule has 2 rings (SSSR count). The highest BCUT2D eigenvalue weighted by molar-refractivity contribution is 5.78. The Morgan fingerprint density at radius 2 is 1.56 bits per heavy atom. The standard InChI is InChI=1S/C21H27NO3/c1-4-24-19-12-8-9-13-20(19)25-15-21(23)22-18(14-16(2)3)17-10-6-5-7-11-17/h5-13,16,18H,4,14-15H2,1-3H3,(H,22,23). The number of carbonyl (C=O) groups is 1. The summed E-state index contributed by atoms with van der Waals surface area (Å²) in [4.78, 5) is 12.4. The quantitative estimate of drug-likeness (QED) is 0.737. The molecule has 1 amide bonds. The van der Waals surface area contributed by atoms with E-state index in [1.54, 1.807) is 6.07 Å². The maximum Gasteiger partial charge on any atom is 0.258 e. The van der Waals surface area contributed by atoms with E-state index in [0.717, 1.165) is 12.0 Å². The predicted molar refractivity (Wildman–Crippen MR) is 99.9 cm³/mol. The Morgan fingerprint density at radius 3 is 2.16 bits per heavy atom. The number of benzene rings is 2. The summed E-state index contributed by atoms with van der Waals surface area (Å²) in [6.07, 6.45) is 0.880. The van der Waals surface area contributed by atoms with Crippen LogP contribution in [0.25, 0.3) is 0 Å². The normalized spacial score (nSPS) is 11.8. The Kier molecular flexibility index (Phi) is 7.33. The van der Waals surface area contributed by atoms with E-state index in [9.17, 15) is 4.79 Å². The van der Waals surface area contributed by atoms with Crippen LogP contribution in [0.15, 0.2) is 54.6 Å². The summed E-state index contributed by atoms with van der Waals surface area (Å²) in [5.41, 5.74) is 1.11. The number of para-hydroxylation sites is 2. The lowest BCUT2D eigenvalue weighted by atomic mass is 9.97. The highest BCUT2D eigenvalue weighted by Crippen LogP contribution is 2.26. The second-order valence-corrected chi connectivity index (χ2v) is 6.33. The van der Waals surface area contributed by atoms with E-state index in [2.05, 4.69) is 19.2 Å². The van der Waals surface area contributed by atoms with Gasteiger partial charge in [0.2, 0.25) is 0 Å². The first kappa shape index (κ1) is 18.8. The molecule has 0 radical (unpaired) electrons. The second-order valence-electron chi connectivity index (χ2n) is 6.33. The van der Waals surface area contributed by atoms with Crippen molar-refractivity contribution >= 4 is 5.91 Å². The molecule has 0 saturated carbocycles. The molecule has 2 aromatic carbocycles. The van der Waals surface area contributed by atoms with Crippen molar-refractivity contribution in [1.82, 2.24) is 5.32 Å². The Bertz CT molecular complexity index is 655. The first-order valence-corrected chi connectivity index (χ1v) is 8.79. The van der Waals surface area contributed by atoms with E-state index in [1.807, 2.05) is 55.5 Å². The SMILES string of the molecule is CCOc1ccccc1OCC(=O)NC(CC(C)C)c1ccccc1. The Labute approximate surface area is 150 Å². The summed E-state index contributed by atoms with van der Waals surface area (Å²) in [7, 11) is 0. The summed E-state index contributed by atoms with van der Waals surface area (Å²) in [5, 5.41) is 3.08. The van der Waals surface area contributed by atoms with Crippen LogP contribution in [-0.2, 0) is 4.79 Å². The van der Waals surface area contributed by atoms with Crippen molar-refractivity contribution < 1.29 is 14.3 Å². The molecule has 0 aliphatic rings. The van der Waals surface area contributed by atoms with Crippen molar-refractivity contribution in [1.29, 1.82) is 0 Å². The number of rotatable bonds is 9. The van der Waals surface area contributed by atoms with Crippen LogP contribution in [0.4, 0.5) is 0 Å². The van der Waals surface area contributed by atoms with Crippen molar-refractivity contribution in [2.75, 3.05) is 13.2 Å². The summed E-state index contributed by atoms with van der Waals surface area (Å²) in [5.74, 6) is 1.57. The molecule has 1 N–H and O–H groups in total. The maximum atomic E-state index is 12.4. The number of hydrogen-bond acceptors (Lipinski definition) is 3. The molecular weight excluding hydrogens is 314 g/mol. The molecule has 134 valence electrons. The van der Waals surface area contributed by atoms with Crippen molar-refractivity contribution in [3.63, 3.8) is 0 Å². The number of amides is 1. The van der Waals surface area contributed by atoms with Crippen molar-refractivity contribution in [2.45, 2.75) is 33.2 Å². The molecule has 0 aliphatic heterocycles. The van der Waals surface area contributed by atoms with E-state index in [4.69, 9.17) is 9.47 Å². The third kappa shape index (κ3) is 6.14. The number of hydrogen-bond donors (Lipinski definition) is 1. The number of carbonyl (C=O) groups excluding carboxylic acids is 1. The highest BCUT2D eigenvalue weighted by atomic mass is 16.5. The topological polar surface area (TPSA) is 47.6 Å². The lowest BCUT2D eigenvalue weighted by Crippen LogP contribution is -2.33. The molecule has 2 aromatic rings. The lowest BCUT2D eigenvalue weighted by Gasteiger charge is -2.21. The van der Waals surface area contributed by atoms with E-state index >= 15 is 0 Å². The average molecular weight is 341 g/mol. The lowest BCUT2D eigenvalue weighted by molar-refractivity contribution is -0.124. The van der Waals surface area contributed by atoms with E-state index in [-0.39, 0.29) is 18.6 Å². The zero-order valence-corrected chi connectivity index (χ0v) is 15.2. The van der Waals surface area contributed by atoms with Crippen LogP contribution >= 0.6 is 0 Å². The van der Waals surface area contributed by atoms with Gasteiger partial charge in [0.15, 0.2) is 18.1 Å². The van der Waals surface area contributed by atoms with E-state index in [1.165, 1.54) is 0 Å². The molecule has 4 nitrogen and oxygen atoms in total. The van der Waals surface area contributed by atoms with Gasteiger partial charge in [-0.1, -0.05) is 56.3 Å². The molecule has 0 fully saturated rings. The fourth-order valence-corrected chi connectivity index (χ4v) is 2.66. The molecule has 0 aromatic heterocycles. The van der Waals surface area contributed by atoms with Gasteiger partial charge in [-0.2, -0.15) is 0 Å². The van der Waals surface area contributed by atoms with Crippen LogP contribution in [0, 0.1) is 5.92 Å². The van der Waals surface area contributed by atoms with Gasteiger partial charge in [-0.05, 0) is 37.0 Å². The van der Waals surface area contributed by atoms with Crippen LogP contribution in [0.3, 0.4) is 0 Å². The van der Waals surface area contributed by atoms with Gasteiger partial charge in [0.1, 0.15) is 0 Å². The van der Waals surface area contributed by atoms with Crippen LogP contribution in [0.1, 0.15) is 38.8 Å². The average Bonchev–Trinajstić information content (AvgIpc) is 2.61. The molecule has 0 aliphatic carbocycles. The van der Waals surface area contributed by atoms with Gasteiger partial charge < -0.3 is 14.8 Å². The highest BCUT2D eigenvalue weighted by Gasteiger charge is 2.16. The Balaban J connectivity index is 1.97. The fraction of sp³-hybridized carbons (Fsp3) is 0.381. The zero-order valence-electron chi connectivity index (χ0n) is 15.2. The zero-order chi connectivity index (χ0) is 18.1. The third-order valence-corrected chi connectivity index (χ3v) is 3.75. The minimum Gasteiger partial charge on any atom is -0.490 e. The molecule has 0 saturated heterocycles. The van der Waals surface area contributed by atoms with Gasteiger partial charge >= 0.3 is 0 Å². The van der Waals surface area contributed by atoms with Gasteiger partial charge in [0.05, 0.1) is 12.6 Å². The molecule has 25 heavy (non-hydrogen) atoms. The molecule has 4 heteroatoms. The van der Waals surface area contributed by atoms with Crippen LogP contribution in [-0.4, -0.2) is 19.1 Å². The molecule has 1 atom stereocenters. The van der Waals surface area contributed by atoms with Gasteiger partial charge in [-0.25, -0.2) is 0 Å². The molecule has 0 bridgehead atoms.